The van der Waals surface area contributed by atoms with E-state index in [4.69, 9.17) is 5.73 Å². The molecule has 9 nitrogen and oxygen atoms in total. The highest BCUT2D eigenvalue weighted by Gasteiger charge is 2.11. The summed E-state index contributed by atoms with van der Waals surface area (Å²) in [5.41, 5.74) is 17.3. The van der Waals surface area contributed by atoms with Gasteiger partial charge in [0.2, 0.25) is 0 Å². The summed E-state index contributed by atoms with van der Waals surface area (Å²) in [6, 6.07) is 17.3. The number of aromatic nitrogens is 2. The number of amides is 2. The lowest BCUT2D eigenvalue weighted by molar-refractivity contribution is 0.0954. The summed E-state index contributed by atoms with van der Waals surface area (Å²) in [5, 5.41) is 0. The van der Waals surface area contributed by atoms with Crippen LogP contribution in [0.4, 0.5) is 17.3 Å². The van der Waals surface area contributed by atoms with Crippen molar-refractivity contribution in [3.8, 4) is 0 Å². The van der Waals surface area contributed by atoms with Gasteiger partial charge < -0.3 is 5.73 Å². The molecule has 0 aliphatic rings. The summed E-state index contributed by atoms with van der Waals surface area (Å²) in [7, 11) is 0. The minimum Gasteiger partial charge on any atom is -0.393 e. The first-order chi connectivity index (χ1) is 13.1. The number of carbonyl (C=O) groups is 2. The highest BCUT2D eigenvalue weighted by atomic mass is 16.2. The van der Waals surface area contributed by atoms with Gasteiger partial charge in [-0.2, -0.15) is 0 Å². The molecule has 1 heterocycles. The summed E-state index contributed by atoms with van der Waals surface area (Å²) >= 11 is 0. The molecule has 9 heteroatoms. The van der Waals surface area contributed by atoms with Gasteiger partial charge in [0.15, 0.2) is 11.6 Å². The number of nitrogens with two attached hydrogens (primary N) is 1. The van der Waals surface area contributed by atoms with Gasteiger partial charge in [0, 0.05) is 11.1 Å². The van der Waals surface area contributed by atoms with Crippen molar-refractivity contribution in [2.75, 3.05) is 16.6 Å². The number of hydrogen-bond acceptors (Lipinski definition) is 7. The van der Waals surface area contributed by atoms with E-state index in [-0.39, 0.29) is 29.1 Å². The molecule has 1 aromatic heterocycles. The van der Waals surface area contributed by atoms with Crippen molar-refractivity contribution < 1.29 is 9.59 Å². The third-order valence-electron chi connectivity index (χ3n) is 3.54. The van der Waals surface area contributed by atoms with Crippen LogP contribution < -0.4 is 27.4 Å². The molecule has 2 amide bonds. The SMILES string of the molecule is Nc1c(NNC(=O)c2ccccc2)ncnc1NNC(=O)c1ccccc1. The van der Waals surface area contributed by atoms with Crippen LogP contribution in [0.25, 0.3) is 0 Å². The number of benzene rings is 2. The average molecular weight is 363 g/mol. The van der Waals surface area contributed by atoms with Crippen molar-refractivity contribution in [2.24, 2.45) is 0 Å². The average Bonchev–Trinajstić information content (AvgIpc) is 2.73. The van der Waals surface area contributed by atoms with Crippen LogP contribution in [0, 0.1) is 0 Å². The van der Waals surface area contributed by atoms with Crippen molar-refractivity contribution in [2.45, 2.75) is 0 Å². The first kappa shape index (κ1) is 17.7. The number of rotatable bonds is 6. The van der Waals surface area contributed by atoms with Crippen LogP contribution in [-0.4, -0.2) is 21.8 Å². The van der Waals surface area contributed by atoms with Gasteiger partial charge in [0.1, 0.15) is 12.0 Å². The maximum absolute atomic E-state index is 12.1. The highest BCUT2D eigenvalue weighted by Crippen LogP contribution is 2.21. The molecule has 3 rings (SSSR count). The number of carbonyl (C=O) groups excluding carboxylic acids is 2. The standard InChI is InChI=1S/C18H17N7O2/c19-14-15(22-24-17(26)12-7-3-1-4-8-12)20-11-21-16(14)23-25-18(27)13-9-5-2-6-10-13/h1-11H,19H2,(H,24,26)(H,25,27)(H2,20,21,22,23). The number of nitrogens with one attached hydrogen (secondary N) is 4. The summed E-state index contributed by atoms with van der Waals surface area (Å²) in [6.45, 7) is 0. The van der Waals surface area contributed by atoms with E-state index in [1.54, 1.807) is 48.5 Å². The number of hydrazine groups is 2. The van der Waals surface area contributed by atoms with E-state index < -0.39 is 0 Å². The Bertz CT molecular complexity index is 859. The van der Waals surface area contributed by atoms with Crippen LogP contribution in [0.5, 0.6) is 0 Å². The molecule has 0 saturated heterocycles. The molecule has 0 unspecified atom stereocenters. The van der Waals surface area contributed by atoms with Gasteiger partial charge in [0.05, 0.1) is 0 Å². The zero-order valence-electron chi connectivity index (χ0n) is 14.1. The van der Waals surface area contributed by atoms with E-state index >= 15 is 0 Å². The molecule has 0 spiro atoms. The first-order valence-electron chi connectivity index (χ1n) is 7.98. The molecule has 0 aliphatic carbocycles. The van der Waals surface area contributed by atoms with Crippen LogP contribution in [-0.2, 0) is 0 Å². The first-order valence-corrected chi connectivity index (χ1v) is 7.98. The fourth-order valence-electron chi connectivity index (χ4n) is 2.15. The maximum atomic E-state index is 12.1. The van der Waals surface area contributed by atoms with E-state index in [1.165, 1.54) is 6.33 Å². The lowest BCUT2D eigenvalue weighted by Crippen LogP contribution is -2.32. The minimum absolute atomic E-state index is 0.124. The molecule has 0 bridgehead atoms. The largest absolute Gasteiger partial charge is 0.393 e. The molecule has 0 fully saturated rings. The van der Waals surface area contributed by atoms with Gasteiger partial charge in [-0.1, -0.05) is 36.4 Å². The second-order valence-corrected chi connectivity index (χ2v) is 5.37. The predicted molar refractivity (Wildman–Crippen MR) is 102 cm³/mol. The fraction of sp³-hybridized carbons (Fsp3) is 0. The number of nitrogen functional groups attached to an aromatic ring is 1. The molecule has 0 atom stereocenters. The Morgan fingerprint density at radius 1 is 0.704 bits per heavy atom. The fourth-order valence-corrected chi connectivity index (χ4v) is 2.15. The Kier molecular flexibility index (Phi) is 5.43. The summed E-state index contributed by atoms with van der Waals surface area (Å²) in [5.74, 6) is -0.322. The van der Waals surface area contributed by atoms with Gasteiger partial charge in [-0.05, 0) is 24.3 Å². The summed E-state index contributed by atoms with van der Waals surface area (Å²) < 4.78 is 0. The Balaban J connectivity index is 1.62. The van der Waals surface area contributed by atoms with Gasteiger partial charge in [-0.3, -0.25) is 31.3 Å². The number of hydrogen-bond donors (Lipinski definition) is 5. The quantitative estimate of drug-likeness (QED) is 0.420. The van der Waals surface area contributed by atoms with Gasteiger partial charge in [-0.25, -0.2) is 9.97 Å². The van der Waals surface area contributed by atoms with Gasteiger partial charge in [0.25, 0.3) is 11.8 Å². The van der Waals surface area contributed by atoms with Gasteiger partial charge in [-0.15, -0.1) is 0 Å². The lowest BCUT2D eigenvalue weighted by Gasteiger charge is -2.13. The van der Waals surface area contributed by atoms with Gasteiger partial charge >= 0.3 is 0 Å². The molecule has 6 N–H and O–H groups in total. The van der Waals surface area contributed by atoms with Crippen LogP contribution in [0.2, 0.25) is 0 Å². The molecule has 0 radical (unpaired) electrons. The Morgan fingerprint density at radius 3 is 1.52 bits per heavy atom. The molecule has 2 aromatic carbocycles. The van der Waals surface area contributed by atoms with Crippen LogP contribution in [0.15, 0.2) is 67.0 Å². The van der Waals surface area contributed by atoms with E-state index in [2.05, 4.69) is 31.7 Å². The third kappa shape index (κ3) is 4.48. The van der Waals surface area contributed by atoms with E-state index in [1.807, 2.05) is 12.1 Å². The van der Waals surface area contributed by atoms with Crippen molar-refractivity contribution in [3.05, 3.63) is 78.1 Å². The predicted octanol–water partition coefficient (Wildman–Crippen LogP) is 1.57. The minimum atomic E-state index is -0.347. The van der Waals surface area contributed by atoms with Crippen molar-refractivity contribution in [1.82, 2.24) is 20.8 Å². The monoisotopic (exact) mass is 363 g/mol. The van der Waals surface area contributed by atoms with Crippen molar-refractivity contribution >= 4 is 29.1 Å². The van der Waals surface area contributed by atoms with Crippen LogP contribution in [0.3, 0.4) is 0 Å². The smallest absolute Gasteiger partial charge is 0.269 e. The molecule has 0 saturated carbocycles. The van der Waals surface area contributed by atoms with Crippen LogP contribution >= 0.6 is 0 Å². The van der Waals surface area contributed by atoms with Crippen molar-refractivity contribution in [3.63, 3.8) is 0 Å². The van der Waals surface area contributed by atoms with Crippen LogP contribution in [0.1, 0.15) is 20.7 Å². The zero-order chi connectivity index (χ0) is 19.1. The second kappa shape index (κ2) is 8.30. The third-order valence-corrected chi connectivity index (χ3v) is 3.54. The normalized spacial score (nSPS) is 9.93. The number of nitrogens with zero attached hydrogens (tertiary/aromatic N) is 2. The van der Waals surface area contributed by atoms with Crippen molar-refractivity contribution in [1.29, 1.82) is 0 Å². The summed E-state index contributed by atoms with van der Waals surface area (Å²) in [6.07, 6.45) is 1.24. The molecular weight excluding hydrogens is 346 g/mol. The van der Waals surface area contributed by atoms with E-state index in [0.29, 0.717) is 11.1 Å². The molecular formula is C18H17N7O2. The maximum Gasteiger partial charge on any atom is 0.269 e. The lowest BCUT2D eigenvalue weighted by atomic mass is 10.2. The summed E-state index contributed by atoms with van der Waals surface area (Å²) in [4.78, 5) is 32.1. The topological polar surface area (TPSA) is 134 Å². The second-order valence-electron chi connectivity index (χ2n) is 5.37. The number of anilines is 3. The zero-order valence-corrected chi connectivity index (χ0v) is 14.1. The molecule has 3 aromatic rings. The molecule has 136 valence electrons. The Morgan fingerprint density at radius 2 is 1.11 bits per heavy atom. The van der Waals surface area contributed by atoms with E-state index in [9.17, 15) is 9.59 Å². The Hall–Kier alpha value is -4.14. The molecule has 27 heavy (non-hydrogen) atoms. The highest BCUT2D eigenvalue weighted by molar-refractivity contribution is 5.96. The Labute approximate surface area is 155 Å². The molecule has 0 aliphatic heterocycles. The van der Waals surface area contributed by atoms with E-state index in [0.717, 1.165) is 0 Å².